The Balaban J connectivity index is 1.87. The van der Waals surface area contributed by atoms with Crippen LogP contribution in [0.1, 0.15) is 35.0 Å². The van der Waals surface area contributed by atoms with Crippen molar-refractivity contribution in [1.82, 2.24) is 9.29 Å². The summed E-state index contributed by atoms with van der Waals surface area (Å²) in [6.07, 6.45) is 4.53. The van der Waals surface area contributed by atoms with Crippen LogP contribution in [0.4, 0.5) is 0 Å². The molecule has 1 atom stereocenters. The predicted molar refractivity (Wildman–Crippen MR) is 83.6 cm³/mol. The van der Waals surface area contributed by atoms with Crippen molar-refractivity contribution in [3.63, 3.8) is 0 Å². The van der Waals surface area contributed by atoms with E-state index in [1.807, 2.05) is 11.4 Å². The Morgan fingerprint density at radius 1 is 1.52 bits per heavy atom. The topological polar surface area (TPSA) is 77.1 Å². The minimum atomic E-state index is -3.51. The highest BCUT2D eigenvalue weighted by atomic mass is 32.2. The largest absolute Gasteiger partial charge is 0.352 e. The van der Waals surface area contributed by atoms with Gasteiger partial charge in [-0.1, -0.05) is 0 Å². The van der Waals surface area contributed by atoms with Crippen molar-refractivity contribution < 1.29 is 8.42 Å². The van der Waals surface area contributed by atoms with Crippen molar-refractivity contribution >= 4 is 21.4 Å². The van der Waals surface area contributed by atoms with Gasteiger partial charge in [-0.25, -0.2) is 13.1 Å². The van der Waals surface area contributed by atoms with Crippen molar-refractivity contribution in [3.05, 3.63) is 39.8 Å². The summed E-state index contributed by atoms with van der Waals surface area (Å²) in [6, 6.07) is 3.55. The Hall–Kier alpha value is -1.15. The van der Waals surface area contributed by atoms with Gasteiger partial charge in [-0.15, -0.1) is 11.3 Å². The monoisotopic (exact) mass is 325 g/mol. The third-order valence-electron chi connectivity index (χ3n) is 3.95. The summed E-state index contributed by atoms with van der Waals surface area (Å²) >= 11 is 1.71. The molecule has 21 heavy (non-hydrogen) atoms. The van der Waals surface area contributed by atoms with Gasteiger partial charge >= 0.3 is 0 Å². The lowest BCUT2D eigenvalue weighted by molar-refractivity contribution is 0.511. The number of nitrogens with zero attached hydrogens (tertiary/aromatic N) is 1. The van der Waals surface area contributed by atoms with Gasteiger partial charge in [0, 0.05) is 36.4 Å². The highest BCUT2D eigenvalue weighted by Crippen LogP contribution is 2.34. The number of nitrogens with one attached hydrogen (secondary N) is 1. The van der Waals surface area contributed by atoms with E-state index in [2.05, 4.69) is 4.72 Å². The van der Waals surface area contributed by atoms with Crippen LogP contribution in [0.3, 0.4) is 0 Å². The van der Waals surface area contributed by atoms with Gasteiger partial charge in [-0.05, 0) is 42.3 Å². The summed E-state index contributed by atoms with van der Waals surface area (Å²) in [5.74, 6) is 0. The number of hydrogen-bond acceptors (Lipinski definition) is 4. The molecule has 2 aromatic rings. The number of thiophene rings is 1. The highest BCUT2D eigenvalue weighted by molar-refractivity contribution is 7.89. The minimum absolute atomic E-state index is 0.119. The normalized spacial score (nSPS) is 18.7. The molecular formula is C14H19N3O2S2. The van der Waals surface area contributed by atoms with Crippen LogP contribution in [0.2, 0.25) is 0 Å². The van der Waals surface area contributed by atoms with Crippen LogP contribution >= 0.6 is 11.3 Å². The first kappa shape index (κ1) is 14.8. The summed E-state index contributed by atoms with van der Waals surface area (Å²) in [4.78, 5) is 1.58. The number of fused-ring (bicyclic) bond motifs is 1. The van der Waals surface area contributed by atoms with Crippen molar-refractivity contribution in [2.24, 2.45) is 12.8 Å². The standard InChI is InChI=1S/C14H19N3O2S2/c1-17-9-11(7-10(17)8-15)21(18,19)16-13-3-2-4-14-12(13)5-6-20-14/h5-7,9,13,16H,2-4,8,15H2,1H3. The van der Waals surface area contributed by atoms with Crippen LogP contribution < -0.4 is 10.5 Å². The summed E-state index contributed by atoms with van der Waals surface area (Å²) in [5, 5.41) is 2.03. The fraction of sp³-hybridized carbons (Fsp3) is 0.429. The van der Waals surface area contributed by atoms with Crippen LogP contribution in [0.15, 0.2) is 28.6 Å². The average Bonchev–Trinajstić information content (AvgIpc) is 3.05. The predicted octanol–water partition coefficient (Wildman–Crippen LogP) is 1.90. The van der Waals surface area contributed by atoms with Crippen LogP contribution in [0.5, 0.6) is 0 Å². The van der Waals surface area contributed by atoms with Crippen molar-refractivity contribution in [3.8, 4) is 0 Å². The van der Waals surface area contributed by atoms with Gasteiger partial charge in [0.25, 0.3) is 0 Å². The van der Waals surface area contributed by atoms with Crippen LogP contribution in [0, 0.1) is 0 Å². The lowest BCUT2D eigenvalue weighted by Gasteiger charge is -2.23. The van der Waals surface area contributed by atoms with E-state index in [9.17, 15) is 8.42 Å². The van der Waals surface area contributed by atoms with Gasteiger partial charge in [0.2, 0.25) is 10.0 Å². The van der Waals surface area contributed by atoms with E-state index in [-0.39, 0.29) is 10.9 Å². The Morgan fingerprint density at radius 3 is 3.05 bits per heavy atom. The molecule has 0 saturated heterocycles. The number of sulfonamides is 1. The molecule has 3 rings (SSSR count). The quantitative estimate of drug-likeness (QED) is 0.901. The van der Waals surface area contributed by atoms with E-state index in [1.165, 1.54) is 4.88 Å². The number of hydrogen-bond donors (Lipinski definition) is 2. The van der Waals surface area contributed by atoms with Crippen LogP contribution in [-0.2, 0) is 30.0 Å². The molecule has 7 heteroatoms. The zero-order valence-corrected chi connectivity index (χ0v) is 13.5. The van der Waals surface area contributed by atoms with Gasteiger partial charge in [-0.3, -0.25) is 0 Å². The molecule has 0 spiro atoms. The van der Waals surface area contributed by atoms with E-state index in [1.54, 1.807) is 35.2 Å². The molecule has 0 aliphatic heterocycles. The molecule has 0 radical (unpaired) electrons. The molecule has 1 aliphatic carbocycles. The first-order valence-corrected chi connectivity index (χ1v) is 9.31. The van der Waals surface area contributed by atoms with Gasteiger partial charge in [0.1, 0.15) is 0 Å². The molecule has 3 N–H and O–H groups in total. The summed E-state index contributed by atoms with van der Waals surface area (Å²) < 4.78 is 29.7. The van der Waals surface area contributed by atoms with Crippen molar-refractivity contribution in [2.75, 3.05) is 0 Å². The van der Waals surface area contributed by atoms with E-state index < -0.39 is 10.0 Å². The number of aryl methyl sites for hydroxylation is 2. The molecule has 0 fully saturated rings. The maximum atomic E-state index is 12.6. The van der Waals surface area contributed by atoms with E-state index in [0.29, 0.717) is 6.54 Å². The second-order valence-corrected chi connectivity index (χ2v) is 8.06. The Labute approximate surface area is 128 Å². The summed E-state index contributed by atoms with van der Waals surface area (Å²) in [6.45, 7) is 0.324. The average molecular weight is 325 g/mol. The smallest absolute Gasteiger partial charge is 0.242 e. The molecule has 2 heterocycles. The van der Waals surface area contributed by atoms with Crippen molar-refractivity contribution in [2.45, 2.75) is 36.7 Å². The zero-order valence-electron chi connectivity index (χ0n) is 11.9. The molecule has 1 aliphatic rings. The van der Waals surface area contributed by atoms with Crippen molar-refractivity contribution in [1.29, 1.82) is 0 Å². The fourth-order valence-corrected chi connectivity index (χ4v) is 5.12. The fourth-order valence-electron chi connectivity index (χ4n) is 2.79. The van der Waals surface area contributed by atoms with Gasteiger partial charge < -0.3 is 10.3 Å². The van der Waals surface area contributed by atoms with Crippen LogP contribution in [0.25, 0.3) is 0 Å². The molecular weight excluding hydrogens is 306 g/mol. The molecule has 1 unspecified atom stereocenters. The van der Waals surface area contributed by atoms with Gasteiger partial charge in [-0.2, -0.15) is 0 Å². The molecule has 0 amide bonds. The maximum absolute atomic E-state index is 12.6. The SMILES string of the molecule is Cn1cc(S(=O)(=O)NC2CCCc3sccc32)cc1CN. The first-order valence-electron chi connectivity index (χ1n) is 6.95. The Bertz CT molecular complexity index is 746. The third kappa shape index (κ3) is 2.78. The number of nitrogens with two attached hydrogens (primary N) is 1. The van der Waals surface area contributed by atoms with E-state index in [0.717, 1.165) is 30.5 Å². The number of rotatable bonds is 4. The van der Waals surface area contributed by atoms with E-state index >= 15 is 0 Å². The third-order valence-corrected chi connectivity index (χ3v) is 6.39. The summed E-state index contributed by atoms with van der Waals surface area (Å²) in [5.41, 5.74) is 7.54. The molecule has 0 bridgehead atoms. The Morgan fingerprint density at radius 2 is 2.33 bits per heavy atom. The summed E-state index contributed by atoms with van der Waals surface area (Å²) in [7, 11) is -1.71. The van der Waals surface area contributed by atoms with Gasteiger partial charge in [0.05, 0.1) is 4.90 Å². The minimum Gasteiger partial charge on any atom is -0.352 e. The highest BCUT2D eigenvalue weighted by Gasteiger charge is 2.27. The zero-order chi connectivity index (χ0) is 15.0. The molecule has 0 saturated carbocycles. The van der Waals surface area contributed by atoms with E-state index in [4.69, 9.17) is 5.73 Å². The molecule has 2 aromatic heterocycles. The molecule has 5 nitrogen and oxygen atoms in total. The lowest BCUT2D eigenvalue weighted by Crippen LogP contribution is -2.30. The second-order valence-electron chi connectivity index (χ2n) is 5.35. The lowest BCUT2D eigenvalue weighted by atomic mass is 9.95. The maximum Gasteiger partial charge on any atom is 0.242 e. The first-order chi connectivity index (χ1) is 10.0. The molecule has 0 aromatic carbocycles. The Kier molecular flexibility index (Phi) is 3.92. The van der Waals surface area contributed by atoms with Crippen LogP contribution in [-0.4, -0.2) is 13.0 Å². The molecule has 114 valence electrons. The number of aromatic nitrogens is 1. The second kappa shape index (κ2) is 5.57. The van der Waals surface area contributed by atoms with Gasteiger partial charge in [0.15, 0.2) is 0 Å².